The summed E-state index contributed by atoms with van der Waals surface area (Å²) in [6, 6.07) is 7.77. The normalized spacial score (nSPS) is 18.0. The molecule has 1 aromatic heterocycles. The van der Waals surface area contributed by atoms with Crippen LogP contribution in [-0.4, -0.2) is 50.2 Å². The Balaban J connectivity index is 1.83. The number of rotatable bonds is 5. The van der Waals surface area contributed by atoms with E-state index in [0.29, 0.717) is 19.8 Å². The van der Waals surface area contributed by atoms with Crippen LogP contribution in [0.25, 0.3) is 10.9 Å². The highest BCUT2D eigenvalue weighted by Gasteiger charge is 2.36. The maximum absolute atomic E-state index is 11.8. The van der Waals surface area contributed by atoms with Crippen LogP contribution in [0.5, 0.6) is 0 Å². The summed E-state index contributed by atoms with van der Waals surface area (Å²) in [4.78, 5) is 8.56. The Bertz CT molecular complexity index is 781. The van der Waals surface area contributed by atoms with Crippen molar-refractivity contribution < 1.29 is 13.2 Å². The second kappa shape index (κ2) is 6.41. The third-order valence-corrected chi connectivity index (χ3v) is 5.43. The van der Waals surface area contributed by atoms with Crippen molar-refractivity contribution in [3.05, 3.63) is 30.6 Å². The zero-order valence-corrected chi connectivity index (χ0v) is 14.0. The van der Waals surface area contributed by atoms with Gasteiger partial charge < -0.3 is 10.1 Å². The molecule has 3 rings (SSSR count). The fraction of sp³-hybridized carbons (Fsp3) is 0.500. The number of nitrogens with zero attached hydrogens (tertiary/aromatic N) is 2. The summed E-state index contributed by atoms with van der Waals surface area (Å²) in [5.41, 5.74) is 0.562. The molecule has 1 aliphatic heterocycles. The first-order valence-corrected chi connectivity index (χ1v) is 9.73. The highest BCUT2D eigenvalue weighted by molar-refractivity contribution is 7.90. The smallest absolute Gasteiger partial charge is 0.148 e. The molecule has 1 aromatic carbocycles. The van der Waals surface area contributed by atoms with Gasteiger partial charge in [0.25, 0.3) is 0 Å². The lowest BCUT2D eigenvalue weighted by Gasteiger charge is -2.36. The Morgan fingerprint density at radius 2 is 1.96 bits per heavy atom. The molecule has 2 aromatic rings. The minimum absolute atomic E-state index is 0.166. The number of aromatic nitrogens is 2. The lowest BCUT2D eigenvalue weighted by molar-refractivity contribution is 0.0315. The van der Waals surface area contributed by atoms with Gasteiger partial charge in [-0.15, -0.1) is 0 Å². The zero-order chi connectivity index (χ0) is 16.3. The summed E-state index contributed by atoms with van der Waals surface area (Å²) in [5.74, 6) is 0.911. The molecule has 2 heterocycles. The molecule has 0 saturated carbocycles. The van der Waals surface area contributed by atoms with Crippen LogP contribution in [0.1, 0.15) is 12.8 Å². The molecule has 0 amide bonds. The highest BCUT2D eigenvalue weighted by atomic mass is 32.2. The van der Waals surface area contributed by atoms with Crippen LogP contribution >= 0.6 is 0 Å². The maximum atomic E-state index is 11.8. The van der Waals surface area contributed by atoms with Crippen molar-refractivity contribution >= 4 is 26.6 Å². The molecule has 1 fully saturated rings. The number of hydrogen-bond acceptors (Lipinski definition) is 6. The summed E-state index contributed by atoms with van der Waals surface area (Å²) in [5, 5.41) is 4.29. The van der Waals surface area contributed by atoms with E-state index in [9.17, 15) is 8.42 Å². The van der Waals surface area contributed by atoms with Gasteiger partial charge in [0, 0.05) is 36.8 Å². The van der Waals surface area contributed by atoms with E-state index in [-0.39, 0.29) is 11.2 Å². The van der Waals surface area contributed by atoms with Crippen molar-refractivity contribution in [1.29, 1.82) is 0 Å². The molecule has 0 spiro atoms. The van der Waals surface area contributed by atoms with Crippen molar-refractivity contribution in [3.8, 4) is 0 Å². The van der Waals surface area contributed by atoms with Crippen LogP contribution in [-0.2, 0) is 14.6 Å². The number of para-hydroxylation sites is 1. The van der Waals surface area contributed by atoms with Gasteiger partial charge in [0.15, 0.2) is 0 Å². The van der Waals surface area contributed by atoms with Crippen LogP contribution in [0.3, 0.4) is 0 Å². The van der Waals surface area contributed by atoms with Crippen molar-refractivity contribution in [2.24, 2.45) is 5.41 Å². The molecule has 0 bridgehead atoms. The minimum atomic E-state index is -3.06. The molecule has 0 atom stereocenters. The maximum Gasteiger partial charge on any atom is 0.148 e. The quantitative estimate of drug-likeness (QED) is 0.898. The molecule has 23 heavy (non-hydrogen) atoms. The van der Waals surface area contributed by atoms with Gasteiger partial charge in [0.2, 0.25) is 0 Å². The van der Waals surface area contributed by atoms with E-state index in [2.05, 4.69) is 15.3 Å². The number of sulfone groups is 1. The number of benzene rings is 1. The van der Waals surface area contributed by atoms with Crippen molar-refractivity contribution in [2.75, 3.05) is 37.1 Å². The first-order chi connectivity index (χ1) is 11.0. The van der Waals surface area contributed by atoms with Gasteiger partial charge in [-0.1, -0.05) is 12.1 Å². The SMILES string of the molecule is CS(=O)(=O)CC1(CNc2ncnc3ccccc23)CCOCC1. The van der Waals surface area contributed by atoms with Crippen molar-refractivity contribution in [2.45, 2.75) is 12.8 Å². The predicted molar refractivity (Wildman–Crippen MR) is 90.2 cm³/mol. The summed E-state index contributed by atoms with van der Waals surface area (Å²) < 4.78 is 29.1. The van der Waals surface area contributed by atoms with Crippen molar-refractivity contribution in [1.82, 2.24) is 9.97 Å². The first-order valence-electron chi connectivity index (χ1n) is 7.67. The average molecular weight is 335 g/mol. The molecule has 124 valence electrons. The van der Waals surface area contributed by atoms with Gasteiger partial charge >= 0.3 is 0 Å². The lowest BCUT2D eigenvalue weighted by atomic mass is 9.82. The number of ether oxygens (including phenoxy) is 1. The van der Waals surface area contributed by atoms with Crippen molar-refractivity contribution in [3.63, 3.8) is 0 Å². The molecule has 7 heteroatoms. The predicted octanol–water partition coefficient (Wildman–Crippen LogP) is 1.88. The molecule has 0 unspecified atom stereocenters. The molecule has 6 nitrogen and oxygen atoms in total. The molecular weight excluding hydrogens is 314 g/mol. The molecule has 1 N–H and O–H groups in total. The van der Waals surface area contributed by atoms with Crippen LogP contribution in [0.4, 0.5) is 5.82 Å². The Labute approximate surface area is 136 Å². The summed E-state index contributed by atoms with van der Waals surface area (Å²) in [6.07, 6.45) is 4.29. The highest BCUT2D eigenvalue weighted by Crippen LogP contribution is 2.33. The Morgan fingerprint density at radius 1 is 1.22 bits per heavy atom. The standard InChI is InChI=1S/C16H21N3O3S/c1-23(20,21)11-16(6-8-22-9-7-16)10-17-15-13-4-2-3-5-14(13)18-12-19-15/h2-5,12H,6-11H2,1H3,(H,17,18,19). The van der Waals surface area contributed by atoms with Crippen LogP contribution in [0.2, 0.25) is 0 Å². The molecule has 1 aliphatic rings. The lowest BCUT2D eigenvalue weighted by Crippen LogP contribution is -2.41. The molecule has 0 aliphatic carbocycles. The van der Waals surface area contributed by atoms with Crippen LogP contribution in [0.15, 0.2) is 30.6 Å². The molecule has 1 saturated heterocycles. The van der Waals surface area contributed by atoms with Crippen LogP contribution in [0, 0.1) is 5.41 Å². The van der Waals surface area contributed by atoms with E-state index >= 15 is 0 Å². The number of fused-ring (bicyclic) bond motifs is 1. The van der Waals surface area contributed by atoms with Gasteiger partial charge in [0.1, 0.15) is 22.0 Å². The van der Waals surface area contributed by atoms with Gasteiger partial charge in [-0.3, -0.25) is 0 Å². The number of hydrogen-bond donors (Lipinski definition) is 1. The van der Waals surface area contributed by atoms with E-state index in [1.54, 1.807) is 0 Å². The Hall–Kier alpha value is -1.73. The summed E-state index contributed by atoms with van der Waals surface area (Å²) in [7, 11) is -3.06. The van der Waals surface area contributed by atoms with Gasteiger partial charge in [-0.25, -0.2) is 18.4 Å². The van der Waals surface area contributed by atoms with Gasteiger partial charge in [-0.05, 0) is 25.0 Å². The largest absolute Gasteiger partial charge is 0.381 e. The summed E-state index contributed by atoms with van der Waals surface area (Å²) in [6.45, 7) is 1.76. The van der Waals surface area contributed by atoms with E-state index < -0.39 is 9.84 Å². The second-order valence-corrected chi connectivity index (χ2v) is 8.42. The monoisotopic (exact) mass is 335 g/mol. The van der Waals surface area contributed by atoms with Gasteiger partial charge in [0.05, 0.1) is 11.3 Å². The molecular formula is C16H21N3O3S. The average Bonchev–Trinajstić information content (AvgIpc) is 2.52. The molecule has 0 radical (unpaired) electrons. The second-order valence-electron chi connectivity index (χ2n) is 6.28. The fourth-order valence-electron chi connectivity index (χ4n) is 3.15. The van der Waals surface area contributed by atoms with E-state index in [4.69, 9.17) is 4.74 Å². The fourth-order valence-corrected chi connectivity index (χ4v) is 4.65. The third-order valence-electron chi connectivity index (χ3n) is 4.30. The number of nitrogens with one attached hydrogen (secondary N) is 1. The Morgan fingerprint density at radius 3 is 2.70 bits per heavy atom. The zero-order valence-electron chi connectivity index (χ0n) is 13.2. The van der Waals surface area contributed by atoms with E-state index in [0.717, 1.165) is 29.6 Å². The van der Waals surface area contributed by atoms with E-state index in [1.807, 2.05) is 24.3 Å². The Kier molecular flexibility index (Phi) is 4.50. The first kappa shape index (κ1) is 16.1. The van der Waals surface area contributed by atoms with E-state index in [1.165, 1.54) is 12.6 Å². The third kappa shape index (κ3) is 3.97. The summed E-state index contributed by atoms with van der Waals surface area (Å²) >= 11 is 0. The van der Waals surface area contributed by atoms with Gasteiger partial charge in [-0.2, -0.15) is 0 Å². The number of anilines is 1. The minimum Gasteiger partial charge on any atom is -0.381 e. The topological polar surface area (TPSA) is 81.2 Å². The van der Waals surface area contributed by atoms with Crippen LogP contribution < -0.4 is 5.32 Å².